The standard InChI is InChI=1S/C23H15ClF2O3/c24-16-8-6-15(7-9-16)18-13-29-23(27)20(18)17-10-11-19(25)22(21(17)26)28-12-14-4-2-1-3-5-14/h1-11H,12-13H2. The third-order valence-electron chi connectivity index (χ3n) is 4.59. The maximum Gasteiger partial charge on any atom is 0.339 e. The van der Waals surface area contributed by atoms with E-state index in [1.165, 1.54) is 6.07 Å². The number of cyclic esters (lactones) is 1. The first kappa shape index (κ1) is 19.2. The van der Waals surface area contributed by atoms with Gasteiger partial charge in [0.2, 0.25) is 0 Å². The molecule has 3 nitrogen and oxygen atoms in total. The fraction of sp³-hybridized carbons (Fsp3) is 0.0870. The Bertz CT molecular complexity index is 1090. The van der Waals surface area contributed by atoms with E-state index >= 15 is 4.39 Å². The lowest BCUT2D eigenvalue weighted by molar-refractivity contribution is -0.133. The number of benzene rings is 3. The van der Waals surface area contributed by atoms with E-state index in [2.05, 4.69) is 0 Å². The molecular weight excluding hydrogens is 398 g/mol. The molecule has 0 amide bonds. The van der Waals surface area contributed by atoms with Crippen LogP contribution in [0.15, 0.2) is 66.7 Å². The predicted octanol–water partition coefficient (Wildman–Crippen LogP) is 5.66. The van der Waals surface area contributed by atoms with Crippen LogP contribution in [0.3, 0.4) is 0 Å². The van der Waals surface area contributed by atoms with Crippen molar-refractivity contribution in [3.05, 3.63) is 100 Å². The lowest BCUT2D eigenvalue weighted by atomic mass is 9.96. The largest absolute Gasteiger partial charge is 0.483 e. The lowest BCUT2D eigenvalue weighted by Crippen LogP contribution is -2.05. The number of hydrogen-bond donors (Lipinski definition) is 0. The highest BCUT2D eigenvalue weighted by Crippen LogP contribution is 2.37. The predicted molar refractivity (Wildman–Crippen MR) is 106 cm³/mol. The fourth-order valence-electron chi connectivity index (χ4n) is 3.14. The highest BCUT2D eigenvalue weighted by molar-refractivity contribution is 6.31. The van der Waals surface area contributed by atoms with Gasteiger partial charge in [0.25, 0.3) is 0 Å². The molecule has 0 fully saturated rings. The Hall–Kier alpha value is -3.18. The molecule has 0 saturated carbocycles. The molecule has 1 aliphatic heterocycles. The average molecular weight is 413 g/mol. The molecule has 0 aliphatic carbocycles. The van der Waals surface area contributed by atoms with Crippen LogP contribution in [0.2, 0.25) is 5.02 Å². The molecule has 0 unspecified atom stereocenters. The Balaban J connectivity index is 1.74. The lowest BCUT2D eigenvalue weighted by Gasteiger charge is -2.12. The quantitative estimate of drug-likeness (QED) is 0.507. The first-order valence-electron chi connectivity index (χ1n) is 8.86. The highest BCUT2D eigenvalue weighted by Gasteiger charge is 2.31. The number of hydrogen-bond acceptors (Lipinski definition) is 3. The van der Waals surface area contributed by atoms with Gasteiger partial charge < -0.3 is 9.47 Å². The summed E-state index contributed by atoms with van der Waals surface area (Å²) in [5, 5.41) is 0.533. The molecule has 1 heterocycles. The van der Waals surface area contributed by atoms with E-state index < -0.39 is 23.4 Å². The van der Waals surface area contributed by atoms with Crippen LogP contribution in [-0.2, 0) is 16.1 Å². The van der Waals surface area contributed by atoms with Gasteiger partial charge in [0, 0.05) is 16.2 Å². The second-order valence-electron chi connectivity index (χ2n) is 6.45. The van der Waals surface area contributed by atoms with E-state index in [1.54, 1.807) is 48.5 Å². The summed E-state index contributed by atoms with van der Waals surface area (Å²) in [7, 11) is 0. The van der Waals surface area contributed by atoms with Gasteiger partial charge in [-0.1, -0.05) is 54.1 Å². The van der Waals surface area contributed by atoms with E-state index in [4.69, 9.17) is 21.1 Å². The Labute approximate surface area is 171 Å². The van der Waals surface area contributed by atoms with Crippen LogP contribution in [-0.4, -0.2) is 12.6 Å². The van der Waals surface area contributed by atoms with Gasteiger partial charge in [-0.25, -0.2) is 13.6 Å². The molecule has 6 heteroatoms. The summed E-state index contributed by atoms with van der Waals surface area (Å²) in [5.74, 6) is -2.99. The number of esters is 1. The SMILES string of the molecule is O=C1OCC(c2ccc(Cl)cc2)=C1c1ccc(F)c(OCc2ccccc2)c1F. The number of carbonyl (C=O) groups excluding carboxylic acids is 1. The molecule has 3 aromatic rings. The average Bonchev–Trinajstić information content (AvgIpc) is 3.10. The van der Waals surface area contributed by atoms with Gasteiger partial charge in [-0.2, -0.15) is 0 Å². The van der Waals surface area contributed by atoms with Crippen molar-refractivity contribution in [3.8, 4) is 5.75 Å². The topological polar surface area (TPSA) is 35.5 Å². The van der Waals surface area contributed by atoms with Crippen molar-refractivity contribution in [1.82, 2.24) is 0 Å². The number of halogens is 3. The van der Waals surface area contributed by atoms with Crippen LogP contribution in [0.4, 0.5) is 8.78 Å². The Kier molecular flexibility index (Phi) is 5.32. The third kappa shape index (κ3) is 3.87. The minimum absolute atomic E-state index is 0.00712. The van der Waals surface area contributed by atoms with Gasteiger partial charge in [-0.3, -0.25) is 0 Å². The van der Waals surface area contributed by atoms with Crippen molar-refractivity contribution in [1.29, 1.82) is 0 Å². The fourth-order valence-corrected chi connectivity index (χ4v) is 3.27. The van der Waals surface area contributed by atoms with Crippen LogP contribution in [0.1, 0.15) is 16.7 Å². The third-order valence-corrected chi connectivity index (χ3v) is 4.84. The molecule has 1 aliphatic rings. The zero-order valence-corrected chi connectivity index (χ0v) is 15.9. The van der Waals surface area contributed by atoms with Gasteiger partial charge in [0.15, 0.2) is 17.4 Å². The minimum atomic E-state index is -0.943. The van der Waals surface area contributed by atoms with Crippen LogP contribution in [0.25, 0.3) is 11.1 Å². The van der Waals surface area contributed by atoms with Gasteiger partial charge in [0.1, 0.15) is 13.2 Å². The van der Waals surface area contributed by atoms with E-state index in [0.29, 0.717) is 16.2 Å². The van der Waals surface area contributed by atoms with Crippen molar-refractivity contribution in [2.24, 2.45) is 0 Å². The van der Waals surface area contributed by atoms with E-state index in [-0.39, 0.29) is 24.4 Å². The van der Waals surface area contributed by atoms with E-state index in [1.807, 2.05) is 6.07 Å². The Morgan fingerprint density at radius 1 is 0.966 bits per heavy atom. The van der Waals surface area contributed by atoms with E-state index in [0.717, 1.165) is 11.6 Å². The van der Waals surface area contributed by atoms with Crippen molar-refractivity contribution in [2.45, 2.75) is 6.61 Å². The molecule has 0 radical (unpaired) electrons. The molecule has 0 atom stereocenters. The molecule has 4 rings (SSSR count). The second-order valence-corrected chi connectivity index (χ2v) is 6.89. The summed E-state index contributed by atoms with van der Waals surface area (Å²) < 4.78 is 40.0. The monoisotopic (exact) mass is 412 g/mol. The van der Waals surface area contributed by atoms with Gasteiger partial charge in [0.05, 0.1) is 5.57 Å². The number of ether oxygens (including phenoxy) is 2. The first-order chi connectivity index (χ1) is 14.0. The van der Waals surface area contributed by atoms with Crippen molar-refractivity contribution < 1.29 is 23.0 Å². The van der Waals surface area contributed by atoms with Crippen molar-refractivity contribution in [3.63, 3.8) is 0 Å². The molecule has 146 valence electrons. The smallest absolute Gasteiger partial charge is 0.339 e. The molecule has 0 bridgehead atoms. The second kappa shape index (κ2) is 8.05. The van der Waals surface area contributed by atoms with Crippen molar-refractivity contribution in [2.75, 3.05) is 6.61 Å². The van der Waals surface area contributed by atoms with Gasteiger partial charge >= 0.3 is 5.97 Å². The van der Waals surface area contributed by atoms with Crippen LogP contribution in [0, 0.1) is 11.6 Å². The molecule has 0 aromatic heterocycles. The number of carbonyl (C=O) groups is 1. The molecule has 0 saturated heterocycles. The summed E-state index contributed by atoms with van der Waals surface area (Å²) in [6, 6.07) is 18.1. The molecule has 3 aromatic carbocycles. The van der Waals surface area contributed by atoms with Crippen LogP contribution >= 0.6 is 11.6 Å². The first-order valence-corrected chi connectivity index (χ1v) is 9.23. The summed E-state index contributed by atoms with van der Waals surface area (Å²) >= 11 is 5.92. The zero-order chi connectivity index (χ0) is 20.4. The maximum atomic E-state index is 15.2. The number of rotatable bonds is 5. The Morgan fingerprint density at radius 3 is 2.41 bits per heavy atom. The summed E-state index contributed by atoms with van der Waals surface area (Å²) in [6.45, 7) is -0.0154. The minimum Gasteiger partial charge on any atom is -0.483 e. The van der Waals surface area contributed by atoms with E-state index in [9.17, 15) is 9.18 Å². The van der Waals surface area contributed by atoms with Gasteiger partial charge in [-0.05, 0) is 35.4 Å². The molecule has 0 spiro atoms. The Morgan fingerprint density at radius 2 is 1.69 bits per heavy atom. The van der Waals surface area contributed by atoms with Crippen LogP contribution < -0.4 is 4.74 Å². The summed E-state index contributed by atoms with van der Waals surface area (Å²) in [6.07, 6.45) is 0. The highest BCUT2D eigenvalue weighted by atomic mass is 35.5. The van der Waals surface area contributed by atoms with Gasteiger partial charge in [-0.15, -0.1) is 0 Å². The van der Waals surface area contributed by atoms with Crippen molar-refractivity contribution >= 4 is 28.7 Å². The maximum absolute atomic E-state index is 15.2. The molecule has 29 heavy (non-hydrogen) atoms. The zero-order valence-electron chi connectivity index (χ0n) is 15.1. The normalized spacial score (nSPS) is 13.6. The summed E-state index contributed by atoms with van der Waals surface area (Å²) in [4.78, 5) is 12.3. The molecular formula is C23H15ClF2O3. The van der Waals surface area contributed by atoms with Crippen LogP contribution in [0.5, 0.6) is 5.75 Å². The molecule has 0 N–H and O–H groups in total. The summed E-state index contributed by atoms with van der Waals surface area (Å²) in [5.41, 5.74) is 1.92.